The van der Waals surface area contributed by atoms with E-state index in [-0.39, 0.29) is 11.4 Å². The van der Waals surface area contributed by atoms with E-state index in [2.05, 4.69) is 22.5 Å². The molecule has 0 fully saturated rings. The molecule has 0 heterocycles. The fraction of sp³-hybridized carbons (Fsp3) is 0.0667. The van der Waals surface area contributed by atoms with Crippen LogP contribution in [0.4, 0.5) is 5.69 Å². The number of nitrogens with zero attached hydrogens (tertiary/aromatic N) is 1. The largest absolute Gasteiger partial charge is 0.264 e. The van der Waals surface area contributed by atoms with Gasteiger partial charge in [0.25, 0.3) is 10.0 Å². The van der Waals surface area contributed by atoms with Crippen molar-refractivity contribution >= 4 is 31.6 Å². The smallest absolute Gasteiger partial charge is 0.262 e. The Morgan fingerprint density at radius 1 is 1.10 bits per heavy atom. The molecule has 104 valence electrons. The summed E-state index contributed by atoms with van der Waals surface area (Å²) >= 11 is 3.36. The maximum Gasteiger partial charge on any atom is 0.264 e. The zero-order chi connectivity index (χ0) is 14.6. The molecule has 0 N–H and O–H groups in total. The van der Waals surface area contributed by atoms with Crippen LogP contribution in [0.25, 0.3) is 0 Å². The third kappa shape index (κ3) is 3.11. The average molecular weight is 352 g/mol. The van der Waals surface area contributed by atoms with Gasteiger partial charge in [-0.1, -0.05) is 46.3 Å². The van der Waals surface area contributed by atoms with Crippen LogP contribution in [-0.2, 0) is 10.0 Å². The van der Waals surface area contributed by atoms with E-state index >= 15 is 0 Å². The van der Waals surface area contributed by atoms with Crippen LogP contribution >= 0.6 is 15.9 Å². The molecular formula is C15H14BrNO2S. The van der Waals surface area contributed by atoms with Gasteiger partial charge in [0.05, 0.1) is 17.1 Å². The first-order chi connectivity index (χ1) is 9.55. The van der Waals surface area contributed by atoms with E-state index < -0.39 is 10.0 Å². The lowest BCUT2D eigenvalue weighted by molar-refractivity contribution is 0.593. The van der Waals surface area contributed by atoms with Crippen molar-refractivity contribution in [3.05, 3.63) is 71.7 Å². The molecule has 0 saturated heterocycles. The molecule has 0 bridgehead atoms. The van der Waals surface area contributed by atoms with Crippen molar-refractivity contribution in [3.63, 3.8) is 0 Å². The minimum absolute atomic E-state index is 0.216. The van der Waals surface area contributed by atoms with Crippen LogP contribution in [0.3, 0.4) is 0 Å². The maximum atomic E-state index is 12.7. The summed E-state index contributed by atoms with van der Waals surface area (Å²) in [6, 6.07) is 15.6. The predicted octanol–water partition coefficient (Wildman–Crippen LogP) is 3.83. The van der Waals surface area contributed by atoms with Crippen molar-refractivity contribution in [1.29, 1.82) is 0 Å². The van der Waals surface area contributed by atoms with Crippen molar-refractivity contribution in [2.75, 3.05) is 10.8 Å². The molecule has 0 amide bonds. The summed E-state index contributed by atoms with van der Waals surface area (Å²) in [7, 11) is -3.59. The quantitative estimate of drug-likeness (QED) is 0.767. The van der Waals surface area contributed by atoms with Gasteiger partial charge >= 0.3 is 0 Å². The summed E-state index contributed by atoms with van der Waals surface area (Å²) in [4.78, 5) is 0.266. The van der Waals surface area contributed by atoms with Gasteiger partial charge in [0.2, 0.25) is 0 Å². The molecule has 2 rings (SSSR count). The third-order valence-electron chi connectivity index (χ3n) is 2.72. The minimum Gasteiger partial charge on any atom is -0.262 e. The van der Waals surface area contributed by atoms with E-state index in [1.807, 2.05) is 6.07 Å². The second kappa shape index (κ2) is 6.24. The van der Waals surface area contributed by atoms with Crippen molar-refractivity contribution < 1.29 is 8.42 Å². The molecule has 0 atom stereocenters. The summed E-state index contributed by atoms with van der Waals surface area (Å²) in [5.74, 6) is 0. The van der Waals surface area contributed by atoms with E-state index in [0.717, 1.165) is 4.47 Å². The molecular weight excluding hydrogens is 338 g/mol. The lowest BCUT2D eigenvalue weighted by Crippen LogP contribution is -2.31. The first-order valence-electron chi connectivity index (χ1n) is 6.00. The Morgan fingerprint density at radius 3 is 2.40 bits per heavy atom. The molecule has 0 aliphatic carbocycles. The van der Waals surface area contributed by atoms with Crippen LogP contribution in [-0.4, -0.2) is 15.0 Å². The monoisotopic (exact) mass is 351 g/mol. The van der Waals surface area contributed by atoms with Gasteiger partial charge in [-0.2, -0.15) is 0 Å². The van der Waals surface area contributed by atoms with E-state index in [9.17, 15) is 8.42 Å². The van der Waals surface area contributed by atoms with Crippen LogP contribution in [0.1, 0.15) is 0 Å². The highest BCUT2D eigenvalue weighted by Crippen LogP contribution is 2.26. The Balaban J connectivity index is 2.51. The van der Waals surface area contributed by atoms with Gasteiger partial charge in [0.1, 0.15) is 0 Å². The SMILES string of the molecule is C=CCN(c1cccc(Br)c1)S(=O)(=O)c1ccccc1. The Hall–Kier alpha value is -1.59. The van der Waals surface area contributed by atoms with Crippen molar-refractivity contribution in [2.24, 2.45) is 0 Å². The molecule has 2 aromatic rings. The number of halogens is 1. The van der Waals surface area contributed by atoms with Crippen LogP contribution in [0.15, 0.2) is 76.6 Å². The summed E-state index contributed by atoms with van der Waals surface area (Å²) in [5, 5.41) is 0. The molecule has 3 nitrogen and oxygen atoms in total. The van der Waals surface area contributed by atoms with Crippen molar-refractivity contribution in [1.82, 2.24) is 0 Å². The summed E-state index contributed by atoms with van der Waals surface area (Å²) in [6.07, 6.45) is 1.57. The molecule has 0 spiro atoms. The van der Waals surface area contributed by atoms with Gasteiger partial charge in [0, 0.05) is 4.47 Å². The van der Waals surface area contributed by atoms with Crippen molar-refractivity contribution in [3.8, 4) is 0 Å². The molecule has 20 heavy (non-hydrogen) atoms. The molecule has 2 aromatic carbocycles. The molecule has 0 saturated carbocycles. The Labute approximate surface area is 127 Å². The first-order valence-corrected chi connectivity index (χ1v) is 8.23. The molecule has 0 aliphatic rings. The second-order valence-corrected chi connectivity index (χ2v) is 6.90. The summed E-state index contributed by atoms with van der Waals surface area (Å²) in [5.41, 5.74) is 0.600. The fourth-order valence-electron chi connectivity index (χ4n) is 1.81. The van der Waals surface area contributed by atoms with Crippen LogP contribution in [0, 0.1) is 0 Å². The number of sulfonamides is 1. The first kappa shape index (κ1) is 14.8. The van der Waals surface area contributed by atoms with Gasteiger partial charge in [0.15, 0.2) is 0 Å². The van der Waals surface area contributed by atoms with Gasteiger partial charge in [-0.3, -0.25) is 4.31 Å². The van der Waals surface area contributed by atoms with Gasteiger partial charge in [-0.05, 0) is 30.3 Å². The zero-order valence-electron chi connectivity index (χ0n) is 10.7. The van der Waals surface area contributed by atoms with Crippen LogP contribution in [0.5, 0.6) is 0 Å². The molecule has 5 heteroatoms. The van der Waals surface area contributed by atoms with Gasteiger partial charge in [-0.15, -0.1) is 6.58 Å². The number of rotatable bonds is 5. The molecule has 0 aromatic heterocycles. The van der Waals surface area contributed by atoms with Crippen LogP contribution in [0.2, 0.25) is 0 Å². The molecule has 0 aliphatic heterocycles. The maximum absolute atomic E-state index is 12.7. The average Bonchev–Trinajstić information content (AvgIpc) is 2.45. The van der Waals surface area contributed by atoms with Crippen molar-refractivity contribution in [2.45, 2.75) is 4.90 Å². The third-order valence-corrected chi connectivity index (χ3v) is 5.02. The van der Waals surface area contributed by atoms with Gasteiger partial charge < -0.3 is 0 Å². The standard InChI is InChI=1S/C15H14BrNO2S/c1-2-11-17(14-8-6-7-13(16)12-14)20(18,19)15-9-4-3-5-10-15/h2-10,12H,1,11H2. The molecule has 0 unspecified atom stereocenters. The summed E-state index contributed by atoms with van der Waals surface area (Å²) in [6.45, 7) is 3.85. The molecule has 0 radical (unpaired) electrons. The van der Waals surface area contributed by atoms with E-state index in [4.69, 9.17) is 0 Å². The Morgan fingerprint density at radius 2 is 1.80 bits per heavy atom. The van der Waals surface area contributed by atoms with E-state index in [0.29, 0.717) is 5.69 Å². The lowest BCUT2D eigenvalue weighted by Gasteiger charge is -2.23. The number of benzene rings is 2. The number of hydrogen-bond donors (Lipinski definition) is 0. The summed E-state index contributed by atoms with van der Waals surface area (Å²) < 4.78 is 27.6. The van der Waals surface area contributed by atoms with Crippen LogP contribution < -0.4 is 4.31 Å². The normalized spacial score (nSPS) is 11.1. The van der Waals surface area contributed by atoms with E-state index in [1.165, 1.54) is 4.31 Å². The second-order valence-electron chi connectivity index (χ2n) is 4.12. The topological polar surface area (TPSA) is 37.4 Å². The zero-order valence-corrected chi connectivity index (χ0v) is 13.1. The highest BCUT2D eigenvalue weighted by molar-refractivity contribution is 9.10. The number of anilines is 1. The predicted molar refractivity (Wildman–Crippen MR) is 85.3 cm³/mol. The highest BCUT2D eigenvalue weighted by Gasteiger charge is 2.23. The van der Waals surface area contributed by atoms with E-state index in [1.54, 1.807) is 54.6 Å². The lowest BCUT2D eigenvalue weighted by atomic mass is 10.3. The fourth-order valence-corrected chi connectivity index (χ4v) is 3.65. The van der Waals surface area contributed by atoms with Gasteiger partial charge in [-0.25, -0.2) is 8.42 Å². The highest BCUT2D eigenvalue weighted by atomic mass is 79.9. The number of hydrogen-bond acceptors (Lipinski definition) is 2. The minimum atomic E-state index is -3.59. The Bertz CT molecular complexity index is 699. The Kier molecular flexibility index (Phi) is 4.62.